The maximum atomic E-state index is 5.39. The largest absolute Gasteiger partial charge is 0.367 e. The van der Waals surface area contributed by atoms with Crippen molar-refractivity contribution in [3.8, 4) is 0 Å². The SMILES string of the molecule is Nc1nsc(NCc2ccc(Br)s2)n1. The van der Waals surface area contributed by atoms with Crippen molar-refractivity contribution >= 4 is 49.9 Å². The number of nitrogens with zero attached hydrogens (tertiary/aromatic N) is 2. The predicted molar refractivity (Wildman–Crippen MR) is 63.7 cm³/mol. The van der Waals surface area contributed by atoms with Crippen molar-refractivity contribution in [1.29, 1.82) is 0 Å². The van der Waals surface area contributed by atoms with E-state index in [1.807, 2.05) is 6.07 Å². The van der Waals surface area contributed by atoms with Crippen LogP contribution in [0.3, 0.4) is 0 Å². The molecule has 0 bridgehead atoms. The molecule has 2 rings (SSSR count). The van der Waals surface area contributed by atoms with Gasteiger partial charge in [0, 0.05) is 16.4 Å². The van der Waals surface area contributed by atoms with Gasteiger partial charge < -0.3 is 11.1 Å². The van der Waals surface area contributed by atoms with E-state index in [4.69, 9.17) is 5.73 Å². The number of nitrogens with two attached hydrogens (primary N) is 1. The fraction of sp³-hybridized carbons (Fsp3) is 0.143. The molecule has 74 valence electrons. The average molecular weight is 291 g/mol. The molecule has 2 heterocycles. The second-order valence-electron chi connectivity index (χ2n) is 2.52. The molecule has 0 fully saturated rings. The van der Waals surface area contributed by atoms with Gasteiger partial charge in [0.15, 0.2) is 0 Å². The van der Waals surface area contributed by atoms with Crippen LogP contribution in [0.5, 0.6) is 0 Å². The normalized spacial score (nSPS) is 10.4. The Hall–Kier alpha value is -0.660. The molecule has 3 N–H and O–H groups in total. The zero-order valence-electron chi connectivity index (χ0n) is 7.03. The maximum absolute atomic E-state index is 5.39. The summed E-state index contributed by atoms with van der Waals surface area (Å²) in [6, 6.07) is 4.09. The molecule has 0 saturated carbocycles. The van der Waals surface area contributed by atoms with Gasteiger partial charge in [-0.25, -0.2) is 0 Å². The summed E-state index contributed by atoms with van der Waals surface area (Å²) >= 11 is 6.37. The minimum absolute atomic E-state index is 0.324. The minimum atomic E-state index is 0.324. The van der Waals surface area contributed by atoms with Gasteiger partial charge in [-0.2, -0.15) is 9.36 Å². The highest BCUT2D eigenvalue weighted by Gasteiger charge is 2.01. The number of rotatable bonds is 3. The quantitative estimate of drug-likeness (QED) is 0.912. The van der Waals surface area contributed by atoms with Crippen molar-refractivity contribution in [1.82, 2.24) is 9.36 Å². The molecule has 0 aliphatic carbocycles. The highest BCUT2D eigenvalue weighted by Crippen LogP contribution is 2.23. The van der Waals surface area contributed by atoms with Gasteiger partial charge in [0.1, 0.15) is 0 Å². The van der Waals surface area contributed by atoms with Crippen molar-refractivity contribution in [2.24, 2.45) is 0 Å². The Morgan fingerprint density at radius 1 is 1.50 bits per heavy atom. The Morgan fingerprint density at radius 3 is 2.93 bits per heavy atom. The lowest BCUT2D eigenvalue weighted by molar-refractivity contribution is 1.17. The third-order valence-electron chi connectivity index (χ3n) is 1.48. The van der Waals surface area contributed by atoms with E-state index in [2.05, 4.69) is 36.7 Å². The van der Waals surface area contributed by atoms with E-state index in [-0.39, 0.29) is 0 Å². The van der Waals surface area contributed by atoms with Crippen molar-refractivity contribution in [2.75, 3.05) is 11.1 Å². The van der Waals surface area contributed by atoms with Gasteiger partial charge in [-0.05, 0) is 28.1 Å². The predicted octanol–water partition coefficient (Wildman–Crippen LogP) is 2.56. The van der Waals surface area contributed by atoms with Gasteiger partial charge in [0.05, 0.1) is 10.3 Å². The van der Waals surface area contributed by atoms with E-state index < -0.39 is 0 Å². The molecule has 0 unspecified atom stereocenters. The number of thiophene rings is 1. The number of nitrogen functional groups attached to an aromatic ring is 1. The molecule has 0 amide bonds. The van der Waals surface area contributed by atoms with E-state index in [1.165, 1.54) is 16.4 Å². The van der Waals surface area contributed by atoms with Crippen molar-refractivity contribution in [3.05, 3.63) is 20.8 Å². The zero-order chi connectivity index (χ0) is 9.97. The Balaban J connectivity index is 1.94. The first-order valence-corrected chi connectivity index (χ1v) is 6.19. The summed E-state index contributed by atoms with van der Waals surface area (Å²) in [5.41, 5.74) is 5.39. The molecule has 0 aliphatic rings. The molecular formula is C7H7BrN4S2. The van der Waals surface area contributed by atoms with Crippen LogP contribution in [0.2, 0.25) is 0 Å². The molecule has 0 aromatic carbocycles. The van der Waals surface area contributed by atoms with Crippen molar-refractivity contribution < 1.29 is 0 Å². The average Bonchev–Trinajstić information content (AvgIpc) is 2.72. The molecule has 14 heavy (non-hydrogen) atoms. The lowest BCUT2D eigenvalue weighted by atomic mass is 10.5. The van der Waals surface area contributed by atoms with Crippen LogP contribution in [0.1, 0.15) is 4.88 Å². The standard InChI is InChI=1S/C7H7BrN4S2/c8-5-2-1-4(13-5)3-10-7-11-6(9)12-14-7/h1-2H,3H2,(H3,9,10,11,12). The summed E-state index contributed by atoms with van der Waals surface area (Å²) in [6.07, 6.45) is 0. The van der Waals surface area contributed by atoms with Gasteiger partial charge in [-0.1, -0.05) is 0 Å². The second kappa shape index (κ2) is 4.24. The fourth-order valence-electron chi connectivity index (χ4n) is 0.916. The third kappa shape index (κ3) is 2.43. The molecule has 2 aromatic rings. The Morgan fingerprint density at radius 2 is 2.36 bits per heavy atom. The van der Waals surface area contributed by atoms with Crippen LogP contribution < -0.4 is 11.1 Å². The summed E-state index contributed by atoms with van der Waals surface area (Å²) in [7, 11) is 0. The third-order valence-corrected chi connectivity index (χ3v) is 3.79. The van der Waals surface area contributed by atoms with Crippen LogP contribution in [-0.2, 0) is 6.54 Å². The summed E-state index contributed by atoms with van der Waals surface area (Å²) in [5.74, 6) is 0.324. The van der Waals surface area contributed by atoms with Gasteiger partial charge in [-0.15, -0.1) is 11.3 Å². The van der Waals surface area contributed by atoms with E-state index in [0.717, 1.165) is 15.5 Å². The van der Waals surface area contributed by atoms with Gasteiger partial charge in [0.2, 0.25) is 11.1 Å². The summed E-state index contributed by atoms with van der Waals surface area (Å²) < 4.78 is 5.00. The molecule has 0 spiro atoms. The highest BCUT2D eigenvalue weighted by molar-refractivity contribution is 9.11. The Labute approximate surface area is 97.5 Å². The van der Waals surface area contributed by atoms with E-state index in [9.17, 15) is 0 Å². The summed E-state index contributed by atoms with van der Waals surface area (Å²) in [6.45, 7) is 0.755. The molecular weight excluding hydrogens is 284 g/mol. The Kier molecular flexibility index (Phi) is 2.99. The molecule has 0 atom stereocenters. The van der Waals surface area contributed by atoms with Crippen LogP contribution in [0.15, 0.2) is 15.9 Å². The second-order valence-corrected chi connectivity index (χ2v) is 5.82. The van der Waals surface area contributed by atoms with Gasteiger partial charge in [0.25, 0.3) is 0 Å². The van der Waals surface area contributed by atoms with Crippen molar-refractivity contribution in [3.63, 3.8) is 0 Å². The van der Waals surface area contributed by atoms with Crippen LogP contribution in [-0.4, -0.2) is 9.36 Å². The fourth-order valence-corrected chi connectivity index (χ4v) is 2.83. The molecule has 0 saturated heterocycles. The maximum Gasteiger partial charge on any atom is 0.233 e. The lowest BCUT2D eigenvalue weighted by Crippen LogP contribution is -1.96. The first-order chi connectivity index (χ1) is 6.74. The monoisotopic (exact) mass is 290 g/mol. The molecule has 4 nitrogen and oxygen atoms in total. The van der Waals surface area contributed by atoms with Crippen LogP contribution >= 0.6 is 38.8 Å². The first kappa shape index (κ1) is 9.88. The number of hydrogen-bond acceptors (Lipinski definition) is 6. The smallest absolute Gasteiger partial charge is 0.233 e. The van der Waals surface area contributed by atoms with E-state index in [0.29, 0.717) is 5.95 Å². The number of aromatic nitrogens is 2. The van der Waals surface area contributed by atoms with Crippen LogP contribution in [0.25, 0.3) is 0 Å². The molecule has 0 aliphatic heterocycles. The molecule has 2 aromatic heterocycles. The number of hydrogen-bond donors (Lipinski definition) is 2. The number of nitrogens with one attached hydrogen (secondary N) is 1. The van der Waals surface area contributed by atoms with Crippen LogP contribution in [0.4, 0.5) is 11.1 Å². The summed E-state index contributed by atoms with van der Waals surface area (Å²) in [5, 5.41) is 3.91. The summed E-state index contributed by atoms with van der Waals surface area (Å²) in [4.78, 5) is 5.24. The molecule has 7 heteroatoms. The number of halogens is 1. The van der Waals surface area contributed by atoms with Gasteiger partial charge >= 0.3 is 0 Å². The first-order valence-electron chi connectivity index (χ1n) is 3.81. The number of anilines is 2. The van der Waals surface area contributed by atoms with E-state index >= 15 is 0 Å². The van der Waals surface area contributed by atoms with E-state index in [1.54, 1.807) is 11.3 Å². The van der Waals surface area contributed by atoms with Gasteiger partial charge in [-0.3, -0.25) is 0 Å². The molecule has 0 radical (unpaired) electrons. The minimum Gasteiger partial charge on any atom is -0.367 e. The Bertz CT molecular complexity index is 385. The topological polar surface area (TPSA) is 63.8 Å². The highest BCUT2D eigenvalue weighted by atomic mass is 79.9. The zero-order valence-corrected chi connectivity index (χ0v) is 10.2. The lowest BCUT2D eigenvalue weighted by Gasteiger charge is -1.97. The van der Waals surface area contributed by atoms with Crippen LogP contribution in [0, 0.1) is 0 Å². The van der Waals surface area contributed by atoms with Crippen molar-refractivity contribution in [2.45, 2.75) is 6.54 Å².